The summed E-state index contributed by atoms with van der Waals surface area (Å²) in [5, 5.41) is 13.4. The molecule has 0 unspecified atom stereocenters. The van der Waals surface area contributed by atoms with Crippen molar-refractivity contribution >= 4 is 29.2 Å². The number of urea groups is 1. The lowest BCUT2D eigenvalue weighted by Gasteiger charge is -2.11. The molecular formula is C19H23N5O3. The smallest absolute Gasteiger partial charge is 0.320 e. The van der Waals surface area contributed by atoms with E-state index < -0.39 is 6.03 Å². The number of hydrogen-bond acceptors (Lipinski definition) is 6. The first kappa shape index (κ1) is 19.9. The minimum absolute atomic E-state index is 0.105. The molecule has 0 spiro atoms. The normalized spacial score (nSPS) is 10.1. The topological polar surface area (TPSA) is 130 Å². The van der Waals surface area contributed by atoms with Crippen molar-refractivity contribution < 1.29 is 14.3 Å². The predicted molar refractivity (Wildman–Crippen MR) is 104 cm³/mol. The van der Waals surface area contributed by atoms with Crippen molar-refractivity contribution in [1.29, 1.82) is 5.41 Å². The molecule has 2 amide bonds. The molecule has 0 aliphatic heterocycles. The van der Waals surface area contributed by atoms with Crippen LogP contribution < -0.4 is 16.4 Å². The van der Waals surface area contributed by atoms with Crippen LogP contribution in [0.5, 0.6) is 0 Å². The van der Waals surface area contributed by atoms with E-state index in [9.17, 15) is 9.59 Å². The summed E-state index contributed by atoms with van der Waals surface area (Å²) >= 11 is 0. The maximum absolute atomic E-state index is 12.0. The third-order valence-electron chi connectivity index (χ3n) is 3.68. The molecular weight excluding hydrogens is 346 g/mol. The molecule has 0 atom stereocenters. The molecule has 0 aliphatic carbocycles. The molecule has 0 radical (unpaired) electrons. The molecule has 27 heavy (non-hydrogen) atoms. The summed E-state index contributed by atoms with van der Waals surface area (Å²) in [5.41, 5.74) is 7.85. The summed E-state index contributed by atoms with van der Waals surface area (Å²) in [6.07, 6.45) is 1.72. The number of hydrogen-bond donors (Lipinski definition) is 4. The molecule has 0 saturated heterocycles. The molecule has 0 bridgehead atoms. The van der Waals surface area contributed by atoms with E-state index in [0.29, 0.717) is 24.4 Å². The zero-order valence-electron chi connectivity index (χ0n) is 15.1. The minimum atomic E-state index is -0.407. The maximum Gasteiger partial charge on any atom is 0.320 e. The number of carbonyl (C=O) groups is 2. The number of aromatic nitrogens is 1. The van der Waals surface area contributed by atoms with Gasteiger partial charge in [0.1, 0.15) is 5.82 Å². The largest absolute Gasteiger partial charge is 0.466 e. The lowest BCUT2D eigenvalue weighted by Crippen LogP contribution is -2.28. The highest BCUT2D eigenvalue weighted by Gasteiger charge is 2.12. The van der Waals surface area contributed by atoms with E-state index in [1.165, 1.54) is 12.3 Å². The van der Waals surface area contributed by atoms with E-state index in [0.717, 1.165) is 5.56 Å². The Morgan fingerprint density at radius 1 is 1.22 bits per heavy atom. The Kier molecular flexibility index (Phi) is 7.30. The number of anilines is 2. The second-order valence-corrected chi connectivity index (χ2v) is 5.73. The van der Waals surface area contributed by atoms with Gasteiger partial charge in [0.05, 0.1) is 13.0 Å². The van der Waals surface area contributed by atoms with Crippen molar-refractivity contribution in [3.05, 3.63) is 53.7 Å². The number of nitrogens with one attached hydrogen (secondary N) is 3. The van der Waals surface area contributed by atoms with Crippen molar-refractivity contribution in [3.8, 4) is 0 Å². The molecule has 0 fully saturated rings. The highest BCUT2D eigenvalue weighted by Crippen LogP contribution is 2.17. The van der Waals surface area contributed by atoms with Gasteiger partial charge in [-0.25, -0.2) is 9.78 Å². The van der Waals surface area contributed by atoms with Gasteiger partial charge in [0.25, 0.3) is 0 Å². The number of nitrogen functional groups attached to an aromatic ring is 1. The lowest BCUT2D eigenvalue weighted by atomic mass is 10.1. The van der Waals surface area contributed by atoms with E-state index in [1.807, 2.05) is 30.3 Å². The van der Waals surface area contributed by atoms with Crippen molar-refractivity contribution in [3.63, 3.8) is 0 Å². The SMILES string of the molecule is CCOC(=O)CCC(=N)c1cnc(NC(=O)NCc2ccccc2)cc1N. The second kappa shape index (κ2) is 9.91. The molecule has 8 nitrogen and oxygen atoms in total. The summed E-state index contributed by atoms with van der Waals surface area (Å²) in [6, 6.07) is 10.6. The van der Waals surface area contributed by atoms with Gasteiger partial charge in [0.15, 0.2) is 0 Å². The number of ether oxygens (including phenoxy) is 1. The Labute approximate surface area is 157 Å². The maximum atomic E-state index is 12.0. The van der Waals surface area contributed by atoms with Crippen LogP contribution in [0.2, 0.25) is 0 Å². The lowest BCUT2D eigenvalue weighted by molar-refractivity contribution is -0.142. The van der Waals surface area contributed by atoms with E-state index >= 15 is 0 Å². The molecule has 0 saturated carbocycles. The van der Waals surface area contributed by atoms with Gasteiger partial charge >= 0.3 is 12.0 Å². The third kappa shape index (κ3) is 6.43. The van der Waals surface area contributed by atoms with Crippen LogP contribution in [0.1, 0.15) is 30.9 Å². The highest BCUT2D eigenvalue weighted by molar-refractivity contribution is 6.04. The molecule has 5 N–H and O–H groups in total. The van der Waals surface area contributed by atoms with E-state index in [2.05, 4.69) is 15.6 Å². The first-order valence-corrected chi connectivity index (χ1v) is 8.57. The molecule has 0 aliphatic rings. The number of carbonyl (C=O) groups excluding carboxylic acids is 2. The average molecular weight is 369 g/mol. The standard InChI is InChI=1S/C19H23N5O3/c1-2-27-18(25)9-8-15(20)14-12-22-17(10-16(14)21)24-19(26)23-11-13-6-4-3-5-7-13/h3-7,10,12,20H,2,8-9,11H2,1H3,(H4,21,22,23,24,26). The first-order valence-electron chi connectivity index (χ1n) is 8.57. The van der Waals surface area contributed by atoms with E-state index in [4.69, 9.17) is 15.9 Å². The van der Waals surface area contributed by atoms with Crippen LogP contribution in [0, 0.1) is 5.41 Å². The molecule has 1 heterocycles. The van der Waals surface area contributed by atoms with Crippen LogP contribution in [0.3, 0.4) is 0 Å². The molecule has 1 aromatic heterocycles. The van der Waals surface area contributed by atoms with E-state index in [-0.39, 0.29) is 30.3 Å². The Balaban J connectivity index is 1.88. The molecule has 8 heteroatoms. The third-order valence-corrected chi connectivity index (χ3v) is 3.68. The van der Waals surface area contributed by atoms with Crippen molar-refractivity contribution in [1.82, 2.24) is 10.3 Å². The molecule has 2 rings (SSSR count). The first-order chi connectivity index (χ1) is 13.0. The molecule has 1 aromatic carbocycles. The van der Waals surface area contributed by atoms with Crippen LogP contribution in [-0.2, 0) is 16.1 Å². The summed E-state index contributed by atoms with van der Waals surface area (Å²) < 4.78 is 4.84. The fraction of sp³-hybridized carbons (Fsp3) is 0.263. The van der Waals surface area contributed by atoms with Gasteiger partial charge < -0.3 is 21.2 Å². The minimum Gasteiger partial charge on any atom is -0.466 e. The molecule has 2 aromatic rings. The van der Waals surface area contributed by atoms with Crippen molar-refractivity contribution in [2.24, 2.45) is 0 Å². The molecule has 142 valence electrons. The average Bonchev–Trinajstić information content (AvgIpc) is 2.66. The zero-order chi connectivity index (χ0) is 19.6. The summed E-state index contributed by atoms with van der Waals surface area (Å²) in [5.74, 6) is -0.0813. The summed E-state index contributed by atoms with van der Waals surface area (Å²) in [4.78, 5) is 27.5. The predicted octanol–water partition coefficient (Wildman–Crippen LogP) is 2.70. The number of amides is 2. The quantitative estimate of drug-likeness (QED) is 0.420. The van der Waals surface area contributed by atoms with Gasteiger partial charge in [-0.15, -0.1) is 0 Å². The van der Waals surface area contributed by atoms with Crippen LogP contribution in [0.15, 0.2) is 42.6 Å². The Hall–Kier alpha value is -3.42. The van der Waals surface area contributed by atoms with Gasteiger partial charge in [-0.2, -0.15) is 0 Å². The number of benzene rings is 1. The van der Waals surface area contributed by atoms with Crippen LogP contribution >= 0.6 is 0 Å². The summed E-state index contributed by atoms with van der Waals surface area (Å²) in [7, 11) is 0. The number of nitrogens with zero attached hydrogens (tertiary/aromatic N) is 1. The number of esters is 1. The highest BCUT2D eigenvalue weighted by atomic mass is 16.5. The van der Waals surface area contributed by atoms with Crippen LogP contribution in [-0.4, -0.2) is 29.3 Å². The van der Waals surface area contributed by atoms with Gasteiger partial charge in [0, 0.05) is 42.2 Å². The Bertz CT molecular complexity index is 808. The van der Waals surface area contributed by atoms with Gasteiger partial charge in [-0.1, -0.05) is 30.3 Å². The Morgan fingerprint density at radius 2 is 1.96 bits per heavy atom. The number of pyridine rings is 1. The number of nitrogens with two attached hydrogens (primary N) is 1. The summed E-state index contributed by atoms with van der Waals surface area (Å²) in [6.45, 7) is 2.42. The van der Waals surface area contributed by atoms with Gasteiger partial charge in [-0.05, 0) is 12.5 Å². The fourth-order valence-electron chi connectivity index (χ4n) is 2.33. The van der Waals surface area contributed by atoms with Gasteiger partial charge in [0.2, 0.25) is 0 Å². The van der Waals surface area contributed by atoms with Crippen LogP contribution in [0.4, 0.5) is 16.3 Å². The number of rotatable bonds is 8. The fourth-order valence-corrected chi connectivity index (χ4v) is 2.33. The van der Waals surface area contributed by atoms with E-state index in [1.54, 1.807) is 6.92 Å². The monoisotopic (exact) mass is 369 g/mol. The van der Waals surface area contributed by atoms with Crippen molar-refractivity contribution in [2.75, 3.05) is 17.7 Å². The Morgan fingerprint density at radius 3 is 2.63 bits per heavy atom. The van der Waals surface area contributed by atoms with Gasteiger partial charge in [-0.3, -0.25) is 10.1 Å². The van der Waals surface area contributed by atoms with Crippen molar-refractivity contribution in [2.45, 2.75) is 26.3 Å². The second-order valence-electron chi connectivity index (χ2n) is 5.73. The van der Waals surface area contributed by atoms with Crippen LogP contribution in [0.25, 0.3) is 0 Å². The zero-order valence-corrected chi connectivity index (χ0v) is 15.1.